The molecule has 0 radical (unpaired) electrons. The van der Waals surface area contributed by atoms with Gasteiger partial charge in [-0.15, -0.1) is 0 Å². The van der Waals surface area contributed by atoms with Gasteiger partial charge in [-0.3, -0.25) is 0 Å². The summed E-state index contributed by atoms with van der Waals surface area (Å²) in [6, 6.07) is 97.8. The van der Waals surface area contributed by atoms with Gasteiger partial charge in [-0.1, -0.05) is 249 Å². The van der Waals surface area contributed by atoms with E-state index in [1.807, 2.05) is 0 Å². The van der Waals surface area contributed by atoms with Gasteiger partial charge in [0.05, 0.1) is 86.6 Å². The van der Waals surface area contributed by atoms with Crippen molar-refractivity contribution < 1.29 is 157 Å². The van der Waals surface area contributed by atoms with Gasteiger partial charge in [-0.2, -0.15) is 0 Å². The molecule has 0 aliphatic carbocycles. The van der Waals surface area contributed by atoms with Crippen LogP contribution in [0.25, 0.3) is 0 Å². The van der Waals surface area contributed by atoms with Crippen LogP contribution in [0.4, 0.5) is 0 Å². The molecule has 13 aromatic rings. The quantitative estimate of drug-likeness (QED) is 0.0279. The first-order chi connectivity index (χ1) is 72.3. The Kier molecular flexibility index (Phi) is 34.7. The summed E-state index contributed by atoms with van der Waals surface area (Å²) < 4.78 is 135. The standard InChI is InChI=1S/C115H96O33/c116-100(72-42-16-2-17-43-72)130-68-86-90(139-104(120)76-50-24-6-25-51-76)93(142-107(123)79-56-30-9-31-57-79)97(113(134-86)132-70-85-89(138-103(119)75-48-22-5-23-49-75)92(141-106(122)78-54-28-8-29-55-78)96(112(128)133-85)145-110(126)82-62-36-12-37-63-82)147-115-99(95(144-109(125)81-60-34-11-35-61-81)88(137-102(118)74-46-20-4-21-47-74)84(135-115)67-129-66-71-40-14-1-15-41-71)148-114-98(146-111(127)83-64-38-13-39-65-83)94(143-108(124)80-58-32-10-33-59-80)91(140-105(121)77-52-26-7-27-53-77)87(136-114)69-131-101(117)73-44-18-3-19-45-73/h1-65,84-99,112-115,128H,66-70H2/t84-,85-,86-,87-,88-,89-,90-,91-,92+,93+,94+,95+,96+,97+,98+,99+,112+,113+,114-,115-/m1/s1. The molecule has 13 aromatic carbocycles. The third-order valence-corrected chi connectivity index (χ3v) is 24.1. The lowest BCUT2D eigenvalue weighted by Crippen LogP contribution is -2.69. The molecular formula is C115H96O33. The van der Waals surface area contributed by atoms with E-state index in [-0.39, 0.29) is 73.4 Å². The first-order valence-electron chi connectivity index (χ1n) is 47.2. The van der Waals surface area contributed by atoms with Crippen LogP contribution in [0.15, 0.2) is 394 Å². The van der Waals surface area contributed by atoms with Crippen molar-refractivity contribution in [1.29, 1.82) is 0 Å². The molecule has 148 heavy (non-hydrogen) atoms. The summed E-state index contributed by atoms with van der Waals surface area (Å²) in [4.78, 5) is 183. The van der Waals surface area contributed by atoms with Crippen molar-refractivity contribution in [3.63, 3.8) is 0 Å². The Bertz CT molecular complexity index is 6620. The zero-order valence-corrected chi connectivity index (χ0v) is 78.6. The van der Waals surface area contributed by atoms with Crippen LogP contribution in [0, 0.1) is 0 Å². The second kappa shape index (κ2) is 50.1. The fourth-order valence-corrected chi connectivity index (χ4v) is 16.7. The fraction of sp³-hybridized carbons (Fsp3) is 0.217. The molecule has 0 spiro atoms. The van der Waals surface area contributed by atoms with E-state index in [0.29, 0.717) is 5.56 Å². The summed E-state index contributed by atoms with van der Waals surface area (Å²) in [7, 11) is 0. The minimum atomic E-state index is -2.56. The van der Waals surface area contributed by atoms with Crippen LogP contribution < -0.4 is 0 Å². The maximum Gasteiger partial charge on any atom is 0.338 e. The highest BCUT2D eigenvalue weighted by molar-refractivity contribution is 5.96. The number of rotatable bonds is 37. The van der Waals surface area contributed by atoms with Gasteiger partial charge in [0, 0.05) is 0 Å². The zero-order chi connectivity index (χ0) is 103. The van der Waals surface area contributed by atoms with Crippen molar-refractivity contribution in [2.45, 2.75) is 129 Å². The van der Waals surface area contributed by atoms with Gasteiger partial charge in [0.15, 0.2) is 98.4 Å². The minimum Gasteiger partial charge on any atom is -0.459 e. The molecule has 4 heterocycles. The summed E-state index contributed by atoms with van der Waals surface area (Å²) in [5.74, 6) is -13.6. The lowest BCUT2D eigenvalue weighted by Gasteiger charge is -2.51. The second-order valence-corrected chi connectivity index (χ2v) is 34.0. The Balaban J connectivity index is 0.888. The topological polar surface area (TPSA) is 410 Å². The Morgan fingerprint density at radius 3 is 0.649 bits per heavy atom. The molecule has 4 fully saturated rings. The SMILES string of the molecule is O=C(OC[C@H]1O[C@H](O[C@@H]2[C@@H](O[C@@H]3[C@@H](OC[C@H]4O[C@H](O)[C@@H](OC(=O)c5ccccc5)[C@@H](OC(=O)c5ccccc5)[C@@H]4OC(=O)c4ccccc4)O[C@H](COC(=O)c4ccccc4)[C@@H](OC(=O)c4ccccc4)[C@@H]3OC(=O)c3ccccc3)O[C@H](COCc3ccccc3)[C@@H](OC(=O)c3ccccc3)[C@@H]2OC(=O)c2ccccc2)[C@@H](OC(=O)c2ccccc2)[C@@H](OC(=O)c2ccccc2)[C@@H]1OC(=O)c1ccccc1)c1ccccc1. The van der Waals surface area contributed by atoms with Crippen molar-refractivity contribution in [1.82, 2.24) is 0 Å². The van der Waals surface area contributed by atoms with Gasteiger partial charge in [-0.05, 0) is 151 Å². The zero-order valence-electron chi connectivity index (χ0n) is 78.6. The van der Waals surface area contributed by atoms with Gasteiger partial charge in [0.25, 0.3) is 0 Å². The molecule has 0 bridgehead atoms. The number of esters is 12. The van der Waals surface area contributed by atoms with E-state index in [4.69, 9.17) is 94.7 Å². The van der Waals surface area contributed by atoms with Crippen molar-refractivity contribution in [2.24, 2.45) is 0 Å². The lowest BCUT2D eigenvalue weighted by atomic mass is 9.95. The van der Waals surface area contributed by atoms with Gasteiger partial charge in [-0.25, -0.2) is 57.5 Å². The smallest absolute Gasteiger partial charge is 0.338 e. The molecule has 0 saturated carbocycles. The predicted octanol–water partition coefficient (Wildman–Crippen LogP) is 14.9. The largest absolute Gasteiger partial charge is 0.459 e. The predicted molar refractivity (Wildman–Crippen MR) is 519 cm³/mol. The average Bonchev–Trinajstić information content (AvgIpc) is 0.750. The van der Waals surface area contributed by atoms with E-state index < -0.39 is 221 Å². The number of carbonyl (C=O) groups is 12. The number of hydrogen-bond acceptors (Lipinski definition) is 33. The molecule has 0 amide bonds. The number of benzene rings is 13. The first kappa shape index (κ1) is 103. The highest BCUT2D eigenvalue weighted by Gasteiger charge is 2.62. The van der Waals surface area contributed by atoms with Crippen molar-refractivity contribution >= 4 is 71.6 Å². The summed E-state index contributed by atoms with van der Waals surface area (Å²) in [6.45, 7) is -4.04. The third-order valence-electron chi connectivity index (χ3n) is 24.1. The van der Waals surface area contributed by atoms with E-state index in [9.17, 15) is 24.3 Å². The Morgan fingerprint density at radius 1 is 0.189 bits per heavy atom. The molecule has 754 valence electrons. The highest BCUT2D eigenvalue weighted by atomic mass is 16.8. The first-order valence-corrected chi connectivity index (χ1v) is 47.2. The van der Waals surface area contributed by atoms with E-state index >= 15 is 38.4 Å². The van der Waals surface area contributed by atoms with Crippen LogP contribution in [-0.4, -0.2) is 226 Å². The van der Waals surface area contributed by atoms with Crippen LogP contribution in [0.2, 0.25) is 0 Å². The molecule has 33 nitrogen and oxygen atoms in total. The lowest BCUT2D eigenvalue weighted by molar-refractivity contribution is -0.393. The van der Waals surface area contributed by atoms with Crippen molar-refractivity contribution in [2.75, 3.05) is 26.4 Å². The van der Waals surface area contributed by atoms with Gasteiger partial charge in [0.1, 0.15) is 37.6 Å². The number of aliphatic hydroxyl groups excluding tert-OH is 1. The molecule has 4 aliphatic heterocycles. The monoisotopic (exact) mass is 2000 g/mol. The molecule has 20 atom stereocenters. The average molecular weight is 2010 g/mol. The molecule has 0 aromatic heterocycles. The van der Waals surface area contributed by atoms with Crippen LogP contribution in [0.3, 0.4) is 0 Å². The highest BCUT2D eigenvalue weighted by Crippen LogP contribution is 2.42. The molecule has 4 aliphatic rings. The van der Waals surface area contributed by atoms with Crippen molar-refractivity contribution in [3.8, 4) is 0 Å². The van der Waals surface area contributed by atoms with Gasteiger partial charge in [0.2, 0.25) is 0 Å². The third kappa shape index (κ3) is 26.3. The molecule has 0 unspecified atom stereocenters. The van der Waals surface area contributed by atoms with E-state index in [0.717, 1.165) is 0 Å². The maximum atomic E-state index is 16.0. The van der Waals surface area contributed by atoms with E-state index in [1.165, 1.54) is 267 Å². The van der Waals surface area contributed by atoms with Crippen LogP contribution in [0.5, 0.6) is 0 Å². The van der Waals surface area contributed by atoms with Crippen LogP contribution >= 0.6 is 0 Å². The Morgan fingerprint density at radius 2 is 0.378 bits per heavy atom. The van der Waals surface area contributed by atoms with E-state index in [1.54, 1.807) is 127 Å². The summed E-state index contributed by atoms with van der Waals surface area (Å²) in [5.41, 5.74) is -0.747. The Labute approximate surface area is 847 Å². The summed E-state index contributed by atoms with van der Waals surface area (Å²) >= 11 is 0. The van der Waals surface area contributed by atoms with E-state index in [2.05, 4.69) is 0 Å². The number of hydrogen-bond donors (Lipinski definition) is 1. The summed E-state index contributed by atoms with van der Waals surface area (Å²) in [6.07, 6.45) is -44.6. The maximum absolute atomic E-state index is 16.0. The van der Waals surface area contributed by atoms with Crippen LogP contribution in [0.1, 0.15) is 130 Å². The molecule has 33 heteroatoms. The number of ether oxygens (including phenoxy) is 20. The second-order valence-electron chi connectivity index (χ2n) is 34.0. The summed E-state index contributed by atoms with van der Waals surface area (Å²) in [5, 5.41) is 12.7. The minimum absolute atomic E-state index is 0.0102. The molecule has 17 rings (SSSR count). The van der Waals surface area contributed by atoms with Gasteiger partial charge >= 0.3 is 71.6 Å². The van der Waals surface area contributed by atoms with Gasteiger partial charge < -0.3 is 99.8 Å². The Hall–Kier alpha value is -16.9. The normalized spacial score (nSPS) is 23.4. The fourth-order valence-electron chi connectivity index (χ4n) is 16.7. The van der Waals surface area contributed by atoms with Crippen LogP contribution in [-0.2, 0) is 101 Å². The molecule has 1 N–H and O–H groups in total. The number of aliphatic hydroxyl groups is 1. The number of carbonyl (C=O) groups excluding carboxylic acids is 12. The molecule has 4 saturated heterocycles. The molecular weight excluding hydrogens is 1910 g/mol. The van der Waals surface area contributed by atoms with Crippen molar-refractivity contribution in [3.05, 3.63) is 467 Å².